The Bertz CT molecular complexity index is 534. The van der Waals surface area contributed by atoms with Gasteiger partial charge in [-0.15, -0.1) is 0 Å². The van der Waals surface area contributed by atoms with Gasteiger partial charge < -0.3 is 4.74 Å². The van der Waals surface area contributed by atoms with Crippen molar-refractivity contribution >= 4 is 5.69 Å². The summed E-state index contributed by atoms with van der Waals surface area (Å²) in [5, 5.41) is 14.3. The molecule has 0 aliphatic heterocycles. The largest absolute Gasteiger partial charge is 0.471 e. The van der Waals surface area contributed by atoms with Crippen molar-refractivity contribution in [1.82, 2.24) is 9.78 Å². The number of nitrogens with zero attached hydrogens (tertiary/aromatic N) is 3. The predicted molar refractivity (Wildman–Crippen MR) is 65.3 cm³/mol. The molecule has 0 radical (unpaired) electrons. The summed E-state index contributed by atoms with van der Waals surface area (Å²) in [4.78, 5) is 9.98. The first-order valence-electron chi connectivity index (χ1n) is 5.57. The van der Waals surface area contributed by atoms with Crippen molar-refractivity contribution in [2.24, 2.45) is 0 Å². The Labute approximate surface area is 104 Å². The molecule has 2 aromatic rings. The van der Waals surface area contributed by atoms with Gasteiger partial charge in [-0.1, -0.05) is 19.1 Å². The van der Waals surface area contributed by atoms with E-state index in [0.717, 1.165) is 6.42 Å². The van der Waals surface area contributed by atoms with E-state index in [-0.39, 0.29) is 12.4 Å². The van der Waals surface area contributed by atoms with Gasteiger partial charge in [0.05, 0.1) is 4.92 Å². The van der Waals surface area contributed by atoms with E-state index in [1.165, 1.54) is 22.6 Å². The van der Waals surface area contributed by atoms with Crippen molar-refractivity contribution < 1.29 is 9.66 Å². The quantitative estimate of drug-likeness (QED) is 0.600. The van der Waals surface area contributed by atoms with Crippen LogP contribution in [0.3, 0.4) is 0 Å². The minimum atomic E-state index is -0.487. The van der Waals surface area contributed by atoms with Crippen molar-refractivity contribution in [2.45, 2.75) is 20.1 Å². The van der Waals surface area contributed by atoms with Gasteiger partial charge in [0.15, 0.2) is 6.73 Å². The predicted octanol–water partition coefficient (Wildman–Crippen LogP) is 2.39. The van der Waals surface area contributed by atoms with Gasteiger partial charge in [0.1, 0.15) is 18.1 Å². The average molecular weight is 247 g/mol. The van der Waals surface area contributed by atoms with E-state index < -0.39 is 4.92 Å². The molecule has 0 aliphatic carbocycles. The van der Waals surface area contributed by atoms with Crippen LogP contribution in [0.1, 0.15) is 12.5 Å². The number of rotatable bonds is 5. The van der Waals surface area contributed by atoms with Gasteiger partial charge in [-0.3, -0.25) is 10.1 Å². The third kappa shape index (κ3) is 2.85. The standard InChI is InChI=1S/C12H13N3O3/c1-2-10-3-5-12(6-4-10)18-9-14-8-11(7-13-14)15(16)17/h3-8H,2,9H2,1H3. The first kappa shape index (κ1) is 12.1. The first-order chi connectivity index (χ1) is 8.69. The number of hydrogen-bond acceptors (Lipinski definition) is 4. The Morgan fingerprint density at radius 1 is 1.39 bits per heavy atom. The average Bonchev–Trinajstić information content (AvgIpc) is 2.86. The molecule has 0 spiro atoms. The molecule has 0 unspecified atom stereocenters. The summed E-state index contributed by atoms with van der Waals surface area (Å²) < 4.78 is 6.84. The number of ether oxygens (including phenoxy) is 1. The summed E-state index contributed by atoms with van der Waals surface area (Å²) in [5.41, 5.74) is 1.19. The molecular weight excluding hydrogens is 234 g/mol. The summed E-state index contributed by atoms with van der Waals surface area (Å²) in [7, 11) is 0. The van der Waals surface area contributed by atoms with E-state index in [0.29, 0.717) is 5.75 Å². The van der Waals surface area contributed by atoms with Crippen LogP contribution < -0.4 is 4.74 Å². The second-order valence-electron chi connectivity index (χ2n) is 3.77. The minimum absolute atomic E-state index is 0.0417. The van der Waals surface area contributed by atoms with Crippen LogP contribution >= 0.6 is 0 Å². The van der Waals surface area contributed by atoms with Gasteiger partial charge in [-0.2, -0.15) is 5.10 Å². The van der Waals surface area contributed by atoms with E-state index in [1.807, 2.05) is 24.3 Å². The monoisotopic (exact) mass is 247 g/mol. The highest BCUT2D eigenvalue weighted by Crippen LogP contribution is 2.14. The zero-order valence-corrected chi connectivity index (χ0v) is 9.94. The maximum atomic E-state index is 10.5. The summed E-state index contributed by atoms with van der Waals surface area (Å²) in [6.07, 6.45) is 3.51. The Balaban J connectivity index is 1.95. The van der Waals surface area contributed by atoms with Crippen molar-refractivity contribution in [3.8, 4) is 5.75 Å². The number of aryl methyl sites for hydroxylation is 1. The minimum Gasteiger partial charge on any atom is -0.471 e. The molecule has 94 valence electrons. The van der Waals surface area contributed by atoms with Crippen LogP contribution in [0.5, 0.6) is 5.75 Å². The molecule has 0 N–H and O–H groups in total. The van der Waals surface area contributed by atoms with Gasteiger partial charge in [0, 0.05) is 0 Å². The molecule has 6 nitrogen and oxygen atoms in total. The maximum Gasteiger partial charge on any atom is 0.307 e. The Kier molecular flexibility index (Phi) is 3.57. The Morgan fingerprint density at radius 2 is 2.11 bits per heavy atom. The lowest BCUT2D eigenvalue weighted by molar-refractivity contribution is -0.385. The molecule has 0 amide bonds. The molecule has 2 rings (SSSR count). The highest BCUT2D eigenvalue weighted by Gasteiger charge is 2.08. The first-order valence-corrected chi connectivity index (χ1v) is 5.57. The SMILES string of the molecule is CCc1ccc(OCn2cc([N+](=O)[O-])cn2)cc1. The van der Waals surface area contributed by atoms with Crippen molar-refractivity contribution in [3.63, 3.8) is 0 Å². The van der Waals surface area contributed by atoms with E-state index in [9.17, 15) is 10.1 Å². The van der Waals surface area contributed by atoms with Crippen LogP contribution in [0.2, 0.25) is 0 Å². The van der Waals surface area contributed by atoms with Crippen LogP contribution in [-0.2, 0) is 13.2 Å². The topological polar surface area (TPSA) is 70.2 Å². The molecule has 6 heteroatoms. The van der Waals surface area contributed by atoms with E-state index in [2.05, 4.69) is 12.0 Å². The number of hydrogen-bond donors (Lipinski definition) is 0. The lowest BCUT2D eigenvalue weighted by Gasteiger charge is -2.06. The van der Waals surface area contributed by atoms with Gasteiger partial charge in [0.25, 0.3) is 0 Å². The van der Waals surface area contributed by atoms with Crippen molar-refractivity contribution in [1.29, 1.82) is 0 Å². The van der Waals surface area contributed by atoms with Gasteiger partial charge >= 0.3 is 5.69 Å². The zero-order valence-electron chi connectivity index (χ0n) is 9.94. The van der Waals surface area contributed by atoms with E-state index in [4.69, 9.17) is 4.74 Å². The zero-order chi connectivity index (χ0) is 13.0. The van der Waals surface area contributed by atoms with Crippen LogP contribution in [0.25, 0.3) is 0 Å². The maximum absolute atomic E-state index is 10.5. The normalized spacial score (nSPS) is 10.3. The third-order valence-electron chi connectivity index (χ3n) is 2.53. The third-order valence-corrected chi connectivity index (χ3v) is 2.53. The highest BCUT2D eigenvalue weighted by atomic mass is 16.6. The van der Waals surface area contributed by atoms with Crippen molar-refractivity contribution in [2.75, 3.05) is 0 Å². The molecule has 0 atom stereocenters. The molecule has 0 saturated carbocycles. The van der Waals surface area contributed by atoms with Crippen LogP contribution in [0.4, 0.5) is 5.69 Å². The summed E-state index contributed by atoms with van der Waals surface area (Å²) in [5.74, 6) is 0.713. The number of nitro groups is 1. The van der Waals surface area contributed by atoms with Crippen LogP contribution in [0.15, 0.2) is 36.7 Å². The summed E-state index contributed by atoms with van der Waals surface area (Å²) in [6.45, 7) is 2.23. The van der Waals surface area contributed by atoms with Gasteiger partial charge in [-0.25, -0.2) is 4.68 Å². The molecule has 0 fully saturated rings. The van der Waals surface area contributed by atoms with E-state index >= 15 is 0 Å². The molecule has 18 heavy (non-hydrogen) atoms. The van der Waals surface area contributed by atoms with Gasteiger partial charge in [0.2, 0.25) is 0 Å². The molecular formula is C12H13N3O3. The second kappa shape index (κ2) is 5.31. The summed E-state index contributed by atoms with van der Waals surface area (Å²) >= 11 is 0. The van der Waals surface area contributed by atoms with Crippen LogP contribution in [-0.4, -0.2) is 14.7 Å². The molecule has 1 heterocycles. The molecule has 0 saturated heterocycles. The van der Waals surface area contributed by atoms with Gasteiger partial charge in [-0.05, 0) is 24.1 Å². The lowest BCUT2D eigenvalue weighted by Crippen LogP contribution is -2.05. The molecule has 0 bridgehead atoms. The fourth-order valence-corrected chi connectivity index (χ4v) is 1.48. The second-order valence-corrected chi connectivity index (χ2v) is 3.77. The number of aromatic nitrogens is 2. The fraction of sp³-hybridized carbons (Fsp3) is 0.250. The summed E-state index contributed by atoms with van der Waals surface area (Å²) in [6, 6.07) is 7.72. The molecule has 0 aliphatic rings. The fourth-order valence-electron chi connectivity index (χ4n) is 1.48. The smallest absolute Gasteiger partial charge is 0.307 e. The van der Waals surface area contributed by atoms with E-state index in [1.54, 1.807) is 0 Å². The van der Waals surface area contributed by atoms with Crippen LogP contribution in [0, 0.1) is 10.1 Å². The Hall–Kier alpha value is -2.37. The lowest BCUT2D eigenvalue weighted by atomic mass is 10.2. The molecule has 1 aromatic carbocycles. The van der Waals surface area contributed by atoms with Crippen molar-refractivity contribution in [3.05, 3.63) is 52.3 Å². The Morgan fingerprint density at radius 3 is 2.67 bits per heavy atom. The molecule has 1 aromatic heterocycles. The highest BCUT2D eigenvalue weighted by molar-refractivity contribution is 5.27. The number of benzene rings is 1.